The second-order valence-corrected chi connectivity index (χ2v) is 6.07. The van der Waals surface area contributed by atoms with E-state index >= 15 is 0 Å². The third-order valence-corrected chi connectivity index (χ3v) is 4.69. The quantitative estimate of drug-likeness (QED) is 0.407. The number of hydrogen-bond donors (Lipinski definition) is 0. The number of hydrogen-bond acceptors (Lipinski definition) is 6. The van der Waals surface area contributed by atoms with Crippen LogP contribution in [-0.2, 0) is 28.6 Å². The molecule has 7 heteroatoms. The fourth-order valence-electron chi connectivity index (χ4n) is 2.61. The van der Waals surface area contributed by atoms with Crippen molar-refractivity contribution in [1.29, 1.82) is 0 Å². The van der Waals surface area contributed by atoms with Gasteiger partial charge in [0, 0.05) is 4.48 Å². The van der Waals surface area contributed by atoms with E-state index in [4.69, 9.17) is 14.2 Å². The Bertz CT molecular complexity index is 664. The molecule has 0 spiro atoms. The molecule has 1 aliphatic heterocycles. The molecular formula is C18H19BrO6. The van der Waals surface area contributed by atoms with Crippen molar-refractivity contribution in [2.24, 2.45) is 11.8 Å². The van der Waals surface area contributed by atoms with Gasteiger partial charge in [-0.1, -0.05) is 46.3 Å². The summed E-state index contributed by atoms with van der Waals surface area (Å²) in [4.78, 5) is 36.9. The van der Waals surface area contributed by atoms with Crippen molar-refractivity contribution in [2.75, 3.05) is 19.8 Å². The van der Waals surface area contributed by atoms with Crippen molar-refractivity contribution in [3.63, 3.8) is 0 Å². The minimum atomic E-state index is -1.39. The minimum absolute atomic E-state index is 0.00567. The Balaban J connectivity index is 2.47. The maximum Gasteiger partial charge on any atom is 0.321 e. The van der Waals surface area contributed by atoms with Crippen LogP contribution in [0.3, 0.4) is 0 Å². The van der Waals surface area contributed by atoms with Crippen LogP contribution in [0.2, 0.25) is 0 Å². The molecule has 1 aromatic carbocycles. The van der Waals surface area contributed by atoms with Gasteiger partial charge in [0.2, 0.25) is 0 Å². The third-order valence-electron chi connectivity index (χ3n) is 3.72. The smallest absolute Gasteiger partial charge is 0.321 e. The molecule has 2 rings (SSSR count). The van der Waals surface area contributed by atoms with Gasteiger partial charge < -0.3 is 14.2 Å². The van der Waals surface area contributed by atoms with Gasteiger partial charge in [0.1, 0.15) is 12.5 Å². The normalized spacial score (nSPS) is 18.7. The number of rotatable bonds is 6. The Labute approximate surface area is 154 Å². The molecule has 0 saturated carbocycles. The van der Waals surface area contributed by atoms with E-state index in [2.05, 4.69) is 15.9 Å². The van der Waals surface area contributed by atoms with E-state index in [1.165, 1.54) is 0 Å². The van der Waals surface area contributed by atoms with Crippen LogP contribution < -0.4 is 0 Å². The highest BCUT2D eigenvalue weighted by molar-refractivity contribution is 9.15. The van der Waals surface area contributed by atoms with Crippen LogP contribution in [0.15, 0.2) is 35.9 Å². The lowest BCUT2D eigenvalue weighted by Gasteiger charge is -2.19. The molecule has 1 fully saturated rings. The van der Waals surface area contributed by atoms with Crippen LogP contribution in [0, 0.1) is 11.8 Å². The van der Waals surface area contributed by atoms with Crippen LogP contribution in [-0.4, -0.2) is 37.7 Å². The molecule has 1 heterocycles. The van der Waals surface area contributed by atoms with E-state index in [0.717, 1.165) is 5.56 Å². The van der Waals surface area contributed by atoms with Crippen LogP contribution in [0.25, 0.3) is 4.48 Å². The molecule has 0 amide bonds. The Kier molecular flexibility index (Phi) is 6.75. The van der Waals surface area contributed by atoms with Gasteiger partial charge in [-0.05, 0) is 25.0 Å². The third kappa shape index (κ3) is 4.28. The van der Waals surface area contributed by atoms with Crippen molar-refractivity contribution in [2.45, 2.75) is 13.8 Å². The summed E-state index contributed by atoms with van der Waals surface area (Å²) in [5, 5.41) is 0. The van der Waals surface area contributed by atoms with Crippen molar-refractivity contribution in [3.05, 3.63) is 41.5 Å². The second-order valence-electron chi connectivity index (χ2n) is 5.27. The average Bonchev–Trinajstić information content (AvgIpc) is 2.97. The molecule has 1 atom stereocenters. The fourth-order valence-corrected chi connectivity index (χ4v) is 3.24. The lowest BCUT2D eigenvalue weighted by Crippen LogP contribution is -2.37. The number of benzene rings is 1. The molecule has 0 bridgehead atoms. The zero-order valence-corrected chi connectivity index (χ0v) is 15.6. The van der Waals surface area contributed by atoms with Crippen LogP contribution in [0.5, 0.6) is 0 Å². The summed E-state index contributed by atoms with van der Waals surface area (Å²) < 4.78 is 15.7. The second kappa shape index (κ2) is 8.80. The number of ether oxygens (including phenoxy) is 3. The van der Waals surface area contributed by atoms with Crippen molar-refractivity contribution >= 4 is 38.3 Å². The van der Waals surface area contributed by atoms with Crippen molar-refractivity contribution in [1.82, 2.24) is 0 Å². The predicted octanol–water partition coefficient (Wildman–Crippen LogP) is 2.71. The highest BCUT2D eigenvalue weighted by atomic mass is 79.9. The summed E-state index contributed by atoms with van der Waals surface area (Å²) in [6, 6.07) is 9.25. The van der Waals surface area contributed by atoms with E-state index in [1.807, 2.05) is 30.3 Å². The van der Waals surface area contributed by atoms with Crippen LogP contribution >= 0.6 is 15.9 Å². The van der Waals surface area contributed by atoms with Gasteiger partial charge in [0.15, 0.2) is 5.92 Å². The predicted molar refractivity (Wildman–Crippen MR) is 93.5 cm³/mol. The van der Waals surface area contributed by atoms with Gasteiger partial charge in [0.25, 0.3) is 0 Å². The summed E-state index contributed by atoms with van der Waals surface area (Å²) >= 11 is 3.47. The van der Waals surface area contributed by atoms with Crippen LogP contribution in [0.1, 0.15) is 19.4 Å². The van der Waals surface area contributed by atoms with Gasteiger partial charge >= 0.3 is 17.9 Å². The first-order chi connectivity index (χ1) is 12.0. The zero-order valence-electron chi connectivity index (χ0n) is 14.0. The van der Waals surface area contributed by atoms with E-state index < -0.39 is 29.7 Å². The molecule has 0 aromatic heterocycles. The molecule has 0 N–H and O–H groups in total. The monoisotopic (exact) mass is 410 g/mol. The average molecular weight is 411 g/mol. The largest absolute Gasteiger partial charge is 0.465 e. The topological polar surface area (TPSA) is 78.9 Å². The SMILES string of the molecule is CCOC(=O)C(C(=O)OCC)C1C(=O)OC/C1=C(/Br)c1ccccc1. The lowest BCUT2D eigenvalue weighted by atomic mass is 9.86. The standard InChI is InChI=1S/C18H19BrO6/c1-3-23-17(21)14(18(22)24-4-2)13-12(10-25-16(13)20)15(19)11-8-6-5-7-9-11/h5-9,13-14H,3-4,10H2,1-2H3/b15-12-. The van der Waals surface area contributed by atoms with E-state index in [9.17, 15) is 14.4 Å². The zero-order chi connectivity index (χ0) is 18.4. The van der Waals surface area contributed by atoms with Gasteiger partial charge in [-0.2, -0.15) is 0 Å². The molecular weight excluding hydrogens is 392 g/mol. The van der Waals surface area contributed by atoms with Gasteiger partial charge in [-0.3, -0.25) is 14.4 Å². The minimum Gasteiger partial charge on any atom is -0.465 e. The number of cyclic esters (lactones) is 1. The molecule has 1 unspecified atom stereocenters. The molecule has 6 nitrogen and oxygen atoms in total. The first kappa shape index (κ1) is 19.2. The van der Waals surface area contributed by atoms with Crippen LogP contribution in [0.4, 0.5) is 0 Å². The fraction of sp³-hybridized carbons (Fsp3) is 0.389. The van der Waals surface area contributed by atoms with Crippen molar-refractivity contribution in [3.8, 4) is 0 Å². The number of carbonyl (C=O) groups excluding carboxylic acids is 3. The molecule has 1 aromatic rings. The summed E-state index contributed by atoms with van der Waals surface area (Å²) in [5.41, 5.74) is 1.33. The number of halogens is 1. The molecule has 1 aliphatic rings. The van der Waals surface area contributed by atoms with Gasteiger partial charge in [0.05, 0.1) is 13.2 Å². The maximum atomic E-state index is 12.3. The van der Waals surface area contributed by atoms with Gasteiger partial charge in [-0.25, -0.2) is 0 Å². The number of carbonyl (C=O) groups is 3. The molecule has 134 valence electrons. The first-order valence-electron chi connectivity index (χ1n) is 7.95. The summed E-state index contributed by atoms with van der Waals surface area (Å²) in [6.45, 7) is 3.44. The summed E-state index contributed by atoms with van der Waals surface area (Å²) in [7, 11) is 0. The Morgan fingerprint density at radius 1 is 1.16 bits per heavy atom. The lowest BCUT2D eigenvalue weighted by molar-refractivity contribution is -0.167. The van der Waals surface area contributed by atoms with E-state index in [1.54, 1.807) is 13.8 Å². The van der Waals surface area contributed by atoms with Gasteiger partial charge in [-0.15, -0.1) is 0 Å². The molecule has 1 saturated heterocycles. The maximum absolute atomic E-state index is 12.3. The highest BCUT2D eigenvalue weighted by Crippen LogP contribution is 2.38. The first-order valence-corrected chi connectivity index (χ1v) is 8.74. The van der Waals surface area contributed by atoms with E-state index in [-0.39, 0.29) is 19.8 Å². The summed E-state index contributed by atoms with van der Waals surface area (Å²) in [6.07, 6.45) is 0. The highest BCUT2D eigenvalue weighted by Gasteiger charge is 2.48. The Morgan fingerprint density at radius 3 is 2.24 bits per heavy atom. The summed E-state index contributed by atoms with van der Waals surface area (Å²) in [5.74, 6) is -4.70. The Hall–Kier alpha value is -2.15. The molecule has 0 aliphatic carbocycles. The molecule has 0 radical (unpaired) electrons. The molecule has 25 heavy (non-hydrogen) atoms. The Morgan fingerprint density at radius 2 is 1.72 bits per heavy atom. The number of esters is 3. The van der Waals surface area contributed by atoms with E-state index in [0.29, 0.717) is 10.1 Å². The van der Waals surface area contributed by atoms with Crippen molar-refractivity contribution < 1.29 is 28.6 Å².